The summed E-state index contributed by atoms with van der Waals surface area (Å²) in [6, 6.07) is 14.8. The fraction of sp³-hybridized carbons (Fsp3) is 0.133. The number of carboxylic acids is 1. The molecular formula is C15H14O3S. The molecule has 19 heavy (non-hydrogen) atoms. The molecule has 0 bridgehead atoms. The second kappa shape index (κ2) is 6.29. The Bertz CT molecular complexity index is 564. The van der Waals surface area contributed by atoms with E-state index in [1.165, 1.54) is 5.56 Å². The molecule has 3 nitrogen and oxygen atoms in total. The number of ether oxygens (including phenoxy) is 1. The van der Waals surface area contributed by atoms with Gasteiger partial charge in [-0.1, -0.05) is 18.2 Å². The first kappa shape index (κ1) is 13.5. The van der Waals surface area contributed by atoms with Crippen LogP contribution in [-0.2, 0) is 5.75 Å². The van der Waals surface area contributed by atoms with Crippen LogP contribution in [0.25, 0.3) is 0 Å². The Morgan fingerprint density at radius 3 is 2.58 bits per heavy atom. The minimum Gasteiger partial charge on any atom is -0.497 e. The summed E-state index contributed by atoms with van der Waals surface area (Å²) in [4.78, 5) is 11.8. The lowest BCUT2D eigenvalue weighted by Crippen LogP contribution is -1.95. The number of aromatic carboxylic acids is 1. The fourth-order valence-electron chi connectivity index (χ4n) is 1.61. The summed E-state index contributed by atoms with van der Waals surface area (Å²) in [7, 11) is 1.64. The standard InChI is InChI=1S/C15H14O3S/c1-18-13-7-5-11(6-8-13)10-19-14-4-2-3-12(9-14)15(16)17/h2-9H,10H2,1H3,(H,16,17). The molecule has 0 aliphatic heterocycles. The Hall–Kier alpha value is -1.94. The molecule has 0 saturated heterocycles. The molecule has 0 unspecified atom stereocenters. The van der Waals surface area contributed by atoms with Gasteiger partial charge < -0.3 is 9.84 Å². The Balaban J connectivity index is 2.01. The molecule has 0 aliphatic carbocycles. The third-order valence-electron chi connectivity index (χ3n) is 2.65. The molecule has 4 heteroatoms. The molecule has 2 aromatic rings. The highest BCUT2D eigenvalue weighted by Crippen LogP contribution is 2.24. The van der Waals surface area contributed by atoms with E-state index in [9.17, 15) is 4.79 Å². The van der Waals surface area contributed by atoms with Crippen molar-refractivity contribution in [3.05, 3.63) is 59.7 Å². The predicted octanol–water partition coefficient (Wildman–Crippen LogP) is 3.69. The number of benzene rings is 2. The van der Waals surface area contributed by atoms with E-state index < -0.39 is 5.97 Å². The summed E-state index contributed by atoms with van der Waals surface area (Å²) in [5.41, 5.74) is 1.49. The Morgan fingerprint density at radius 1 is 1.21 bits per heavy atom. The van der Waals surface area contributed by atoms with Crippen molar-refractivity contribution in [3.63, 3.8) is 0 Å². The van der Waals surface area contributed by atoms with Crippen molar-refractivity contribution in [1.82, 2.24) is 0 Å². The van der Waals surface area contributed by atoms with E-state index in [-0.39, 0.29) is 0 Å². The van der Waals surface area contributed by atoms with E-state index in [4.69, 9.17) is 9.84 Å². The lowest BCUT2D eigenvalue weighted by atomic mass is 10.2. The zero-order chi connectivity index (χ0) is 13.7. The lowest BCUT2D eigenvalue weighted by Gasteiger charge is -2.04. The van der Waals surface area contributed by atoms with Crippen LogP contribution in [0.3, 0.4) is 0 Å². The monoisotopic (exact) mass is 274 g/mol. The number of carbonyl (C=O) groups is 1. The zero-order valence-corrected chi connectivity index (χ0v) is 11.3. The number of hydrogen-bond acceptors (Lipinski definition) is 3. The fourth-order valence-corrected chi connectivity index (χ4v) is 2.52. The van der Waals surface area contributed by atoms with Gasteiger partial charge in [-0.05, 0) is 35.9 Å². The second-order valence-corrected chi connectivity index (χ2v) is 5.02. The molecule has 0 radical (unpaired) electrons. The maximum Gasteiger partial charge on any atom is 0.335 e. The molecule has 0 heterocycles. The van der Waals surface area contributed by atoms with Crippen molar-refractivity contribution < 1.29 is 14.6 Å². The number of hydrogen-bond donors (Lipinski definition) is 1. The Labute approximate surface area is 116 Å². The molecule has 0 amide bonds. The number of methoxy groups -OCH3 is 1. The summed E-state index contributed by atoms with van der Waals surface area (Å²) in [5.74, 6) is 0.737. The maximum absolute atomic E-state index is 10.9. The predicted molar refractivity (Wildman–Crippen MR) is 76.0 cm³/mol. The molecule has 0 spiro atoms. The molecule has 0 aliphatic rings. The van der Waals surface area contributed by atoms with Crippen LogP contribution in [0.2, 0.25) is 0 Å². The van der Waals surface area contributed by atoms with Gasteiger partial charge in [0.15, 0.2) is 0 Å². The van der Waals surface area contributed by atoms with Gasteiger partial charge >= 0.3 is 5.97 Å². The molecule has 1 N–H and O–H groups in total. The van der Waals surface area contributed by atoms with Crippen LogP contribution in [0.1, 0.15) is 15.9 Å². The van der Waals surface area contributed by atoms with E-state index in [1.54, 1.807) is 37.1 Å². The van der Waals surface area contributed by atoms with Crippen molar-refractivity contribution in [3.8, 4) is 5.75 Å². The van der Waals surface area contributed by atoms with Crippen molar-refractivity contribution >= 4 is 17.7 Å². The molecule has 0 saturated carbocycles. The topological polar surface area (TPSA) is 46.5 Å². The molecule has 0 atom stereocenters. The molecule has 2 aromatic carbocycles. The van der Waals surface area contributed by atoms with Crippen LogP contribution >= 0.6 is 11.8 Å². The summed E-state index contributed by atoms with van der Waals surface area (Å²) in [6.07, 6.45) is 0. The van der Waals surface area contributed by atoms with Gasteiger partial charge in [-0.2, -0.15) is 0 Å². The first-order valence-corrected chi connectivity index (χ1v) is 6.76. The highest BCUT2D eigenvalue weighted by molar-refractivity contribution is 7.98. The highest BCUT2D eigenvalue weighted by atomic mass is 32.2. The first-order chi connectivity index (χ1) is 9.19. The maximum atomic E-state index is 10.9. The summed E-state index contributed by atoms with van der Waals surface area (Å²) in [5, 5.41) is 8.93. The van der Waals surface area contributed by atoms with E-state index in [2.05, 4.69) is 0 Å². The second-order valence-electron chi connectivity index (χ2n) is 3.97. The molecule has 2 rings (SSSR count). The number of carboxylic acid groups (broad SMARTS) is 1. The van der Waals surface area contributed by atoms with Crippen LogP contribution in [0.15, 0.2) is 53.4 Å². The van der Waals surface area contributed by atoms with Crippen LogP contribution in [0, 0.1) is 0 Å². The van der Waals surface area contributed by atoms with Crippen LogP contribution in [0.5, 0.6) is 5.75 Å². The summed E-state index contributed by atoms with van der Waals surface area (Å²) < 4.78 is 5.10. The van der Waals surface area contributed by atoms with E-state index in [1.807, 2.05) is 30.3 Å². The van der Waals surface area contributed by atoms with Gasteiger partial charge in [0, 0.05) is 10.6 Å². The molecular weight excluding hydrogens is 260 g/mol. The molecule has 0 aromatic heterocycles. The van der Waals surface area contributed by atoms with Gasteiger partial charge in [-0.25, -0.2) is 4.79 Å². The summed E-state index contributed by atoms with van der Waals surface area (Å²) in [6.45, 7) is 0. The van der Waals surface area contributed by atoms with E-state index >= 15 is 0 Å². The molecule has 98 valence electrons. The third-order valence-corrected chi connectivity index (χ3v) is 3.71. The smallest absolute Gasteiger partial charge is 0.335 e. The highest BCUT2D eigenvalue weighted by Gasteiger charge is 2.03. The van der Waals surface area contributed by atoms with Gasteiger partial charge in [0.1, 0.15) is 5.75 Å². The SMILES string of the molecule is COc1ccc(CSc2cccc(C(=O)O)c2)cc1. The van der Waals surface area contributed by atoms with Crippen molar-refractivity contribution in [1.29, 1.82) is 0 Å². The van der Waals surface area contributed by atoms with Gasteiger partial charge in [-0.3, -0.25) is 0 Å². The normalized spacial score (nSPS) is 10.2. The van der Waals surface area contributed by atoms with Gasteiger partial charge in [0.25, 0.3) is 0 Å². The minimum absolute atomic E-state index is 0.319. The van der Waals surface area contributed by atoms with Crippen molar-refractivity contribution in [2.24, 2.45) is 0 Å². The Morgan fingerprint density at radius 2 is 1.95 bits per heavy atom. The van der Waals surface area contributed by atoms with E-state index in [0.717, 1.165) is 16.4 Å². The summed E-state index contributed by atoms with van der Waals surface area (Å²) >= 11 is 1.61. The van der Waals surface area contributed by atoms with Crippen molar-refractivity contribution in [2.75, 3.05) is 7.11 Å². The lowest BCUT2D eigenvalue weighted by molar-refractivity contribution is 0.0696. The van der Waals surface area contributed by atoms with Gasteiger partial charge in [0.2, 0.25) is 0 Å². The first-order valence-electron chi connectivity index (χ1n) is 5.78. The zero-order valence-electron chi connectivity index (χ0n) is 10.5. The molecule has 0 fully saturated rings. The van der Waals surface area contributed by atoms with Crippen LogP contribution in [0.4, 0.5) is 0 Å². The number of thioether (sulfide) groups is 1. The van der Waals surface area contributed by atoms with Gasteiger partial charge in [0.05, 0.1) is 12.7 Å². The minimum atomic E-state index is -0.896. The largest absolute Gasteiger partial charge is 0.497 e. The number of rotatable bonds is 5. The average molecular weight is 274 g/mol. The third kappa shape index (κ3) is 3.76. The van der Waals surface area contributed by atoms with Crippen LogP contribution in [-0.4, -0.2) is 18.2 Å². The van der Waals surface area contributed by atoms with Crippen LogP contribution < -0.4 is 4.74 Å². The average Bonchev–Trinajstić information content (AvgIpc) is 2.46. The quantitative estimate of drug-likeness (QED) is 0.845. The van der Waals surface area contributed by atoms with E-state index in [0.29, 0.717) is 5.56 Å². The van der Waals surface area contributed by atoms with Gasteiger partial charge in [-0.15, -0.1) is 11.8 Å². The Kier molecular flexibility index (Phi) is 4.47. The van der Waals surface area contributed by atoms with Crippen molar-refractivity contribution in [2.45, 2.75) is 10.6 Å².